The lowest BCUT2D eigenvalue weighted by molar-refractivity contribution is -0.119. The summed E-state index contributed by atoms with van der Waals surface area (Å²) in [5, 5.41) is 8.53. The molecule has 1 heterocycles. The Labute approximate surface area is 151 Å². The van der Waals surface area contributed by atoms with E-state index in [4.69, 9.17) is 9.26 Å². The number of nitrogens with one attached hydrogen (secondary N) is 1. The molecule has 0 atom stereocenters. The molecule has 26 heavy (non-hydrogen) atoms. The van der Waals surface area contributed by atoms with Crippen molar-refractivity contribution in [1.82, 2.24) is 5.16 Å². The van der Waals surface area contributed by atoms with Crippen LogP contribution in [0.3, 0.4) is 0 Å². The Kier molecular flexibility index (Phi) is 5.02. The maximum Gasteiger partial charge on any atom is 0.344 e. The van der Waals surface area contributed by atoms with Gasteiger partial charge in [0.1, 0.15) is 5.56 Å². The molecule has 1 N–H and O–H groups in total. The molecule has 2 aromatic carbocycles. The lowest BCUT2D eigenvalue weighted by Gasteiger charge is -2.10. The predicted octanol–water partition coefficient (Wildman–Crippen LogP) is 4.06. The van der Waals surface area contributed by atoms with Crippen molar-refractivity contribution in [1.29, 1.82) is 0 Å². The van der Waals surface area contributed by atoms with Gasteiger partial charge in [-0.1, -0.05) is 55.4 Å². The molecular weight excluding hydrogens is 332 g/mol. The second-order valence-corrected chi connectivity index (χ2v) is 6.31. The molecule has 0 spiro atoms. The maximum atomic E-state index is 12.3. The molecule has 1 amide bonds. The summed E-state index contributed by atoms with van der Waals surface area (Å²) in [6, 6.07) is 13.4. The number of fused-ring (bicyclic) bond motifs is 1. The largest absolute Gasteiger partial charge is 0.452 e. The summed E-state index contributed by atoms with van der Waals surface area (Å²) in [4.78, 5) is 24.5. The third-order valence-electron chi connectivity index (χ3n) is 4.02. The Bertz CT molecular complexity index is 954. The summed E-state index contributed by atoms with van der Waals surface area (Å²) in [5.41, 5.74) is 1.42. The van der Waals surface area contributed by atoms with Gasteiger partial charge in [-0.05, 0) is 18.4 Å². The third kappa shape index (κ3) is 3.59. The molecule has 0 aliphatic rings. The zero-order valence-electron chi connectivity index (χ0n) is 14.9. The standard InChI is InChI=1S/C20H20N2O4/c1-12(2)19-18(13(3)22-26-19)20(24)25-11-17(23)21-16-10-6-8-14-7-4-5-9-15(14)16/h4-10,12H,11H2,1-3H3,(H,21,23). The molecule has 0 unspecified atom stereocenters. The molecule has 0 saturated heterocycles. The van der Waals surface area contributed by atoms with Gasteiger partial charge in [0.25, 0.3) is 5.91 Å². The van der Waals surface area contributed by atoms with Gasteiger partial charge in [0.05, 0.1) is 5.69 Å². The highest BCUT2D eigenvalue weighted by Crippen LogP contribution is 2.24. The second kappa shape index (κ2) is 7.39. The molecule has 0 aliphatic carbocycles. The molecule has 1 aromatic heterocycles. The van der Waals surface area contributed by atoms with Gasteiger partial charge in [0.15, 0.2) is 12.4 Å². The smallest absolute Gasteiger partial charge is 0.344 e. The van der Waals surface area contributed by atoms with Crippen LogP contribution in [-0.4, -0.2) is 23.6 Å². The number of aromatic nitrogens is 1. The van der Waals surface area contributed by atoms with Crippen LogP contribution in [0, 0.1) is 6.92 Å². The van der Waals surface area contributed by atoms with Gasteiger partial charge in [0.2, 0.25) is 0 Å². The van der Waals surface area contributed by atoms with E-state index in [2.05, 4.69) is 10.5 Å². The number of rotatable bonds is 5. The third-order valence-corrected chi connectivity index (χ3v) is 4.02. The van der Waals surface area contributed by atoms with Crippen molar-refractivity contribution in [3.8, 4) is 0 Å². The van der Waals surface area contributed by atoms with Crippen LogP contribution >= 0.6 is 0 Å². The highest BCUT2D eigenvalue weighted by Gasteiger charge is 2.24. The number of nitrogens with zero attached hydrogens (tertiary/aromatic N) is 1. The van der Waals surface area contributed by atoms with Crippen LogP contribution in [0.1, 0.15) is 41.6 Å². The molecule has 0 bridgehead atoms. The highest BCUT2D eigenvalue weighted by molar-refractivity contribution is 6.03. The van der Waals surface area contributed by atoms with E-state index in [1.165, 1.54) is 0 Å². The minimum Gasteiger partial charge on any atom is -0.452 e. The van der Waals surface area contributed by atoms with E-state index in [9.17, 15) is 9.59 Å². The van der Waals surface area contributed by atoms with Crippen LogP contribution in [0.4, 0.5) is 5.69 Å². The molecule has 0 aliphatic heterocycles. The van der Waals surface area contributed by atoms with Gasteiger partial charge in [-0.2, -0.15) is 0 Å². The van der Waals surface area contributed by atoms with Crippen molar-refractivity contribution < 1.29 is 18.8 Å². The number of hydrogen-bond donors (Lipinski definition) is 1. The van der Waals surface area contributed by atoms with E-state index in [-0.39, 0.29) is 18.1 Å². The van der Waals surface area contributed by atoms with E-state index >= 15 is 0 Å². The summed E-state index contributed by atoms with van der Waals surface area (Å²) in [6.45, 7) is 5.07. The SMILES string of the molecule is Cc1noc(C(C)C)c1C(=O)OCC(=O)Nc1cccc2ccccc12. The Morgan fingerprint density at radius 3 is 2.65 bits per heavy atom. The molecule has 134 valence electrons. The second-order valence-electron chi connectivity index (χ2n) is 6.31. The summed E-state index contributed by atoms with van der Waals surface area (Å²) in [6.07, 6.45) is 0. The lowest BCUT2D eigenvalue weighted by Crippen LogP contribution is -2.21. The number of aryl methyl sites for hydroxylation is 1. The van der Waals surface area contributed by atoms with Gasteiger partial charge in [-0.3, -0.25) is 4.79 Å². The first-order valence-electron chi connectivity index (χ1n) is 8.38. The fraction of sp³-hybridized carbons (Fsp3) is 0.250. The number of carbonyl (C=O) groups excluding carboxylic acids is 2. The van der Waals surface area contributed by atoms with E-state index in [0.717, 1.165) is 10.8 Å². The van der Waals surface area contributed by atoms with Gasteiger partial charge < -0.3 is 14.6 Å². The van der Waals surface area contributed by atoms with Crippen molar-refractivity contribution in [3.05, 3.63) is 59.5 Å². The number of carbonyl (C=O) groups is 2. The molecule has 3 aromatic rings. The Morgan fingerprint density at radius 1 is 1.15 bits per heavy atom. The number of hydrogen-bond acceptors (Lipinski definition) is 5. The number of anilines is 1. The van der Waals surface area contributed by atoms with E-state index in [0.29, 0.717) is 17.1 Å². The van der Waals surface area contributed by atoms with Gasteiger partial charge in [-0.15, -0.1) is 0 Å². The fourth-order valence-electron chi connectivity index (χ4n) is 2.75. The first-order chi connectivity index (χ1) is 12.5. The normalized spacial score (nSPS) is 10.9. The molecule has 6 nitrogen and oxygen atoms in total. The number of esters is 1. The van der Waals surface area contributed by atoms with Crippen molar-refractivity contribution in [3.63, 3.8) is 0 Å². The topological polar surface area (TPSA) is 81.4 Å². The van der Waals surface area contributed by atoms with Crippen LogP contribution in [0.5, 0.6) is 0 Å². The van der Waals surface area contributed by atoms with Crippen molar-refractivity contribution in [2.24, 2.45) is 0 Å². The van der Waals surface area contributed by atoms with E-state index < -0.39 is 11.9 Å². The summed E-state index contributed by atoms with van der Waals surface area (Å²) >= 11 is 0. The number of ether oxygens (including phenoxy) is 1. The maximum absolute atomic E-state index is 12.3. The quantitative estimate of drug-likeness (QED) is 0.701. The lowest BCUT2D eigenvalue weighted by atomic mass is 10.1. The van der Waals surface area contributed by atoms with Crippen LogP contribution in [0.2, 0.25) is 0 Å². The fourth-order valence-corrected chi connectivity index (χ4v) is 2.75. The number of amides is 1. The average Bonchev–Trinajstić information content (AvgIpc) is 3.02. The predicted molar refractivity (Wildman–Crippen MR) is 98.2 cm³/mol. The highest BCUT2D eigenvalue weighted by atomic mass is 16.5. The summed E-state index contributed by atoms with van der Waals surface area (Å²) < 4.78 is 10.3. The molecule has 0 saturated carbocycles. The van der Waals surface area contributed by atoms with Crippen molar-refractivity contribution in [2.75, 3.05) is 11.9 Å². The Balaban J connectivity index is 1.68. The Morgan fingerprint density at radius 2 is 1.88 bits per heavy atom. The monoisotopic (exact) mass is 352 g/mol. The summed E-state index contributed by atoms with van der Waals surface area (Å²) in [7, 11) is 0. The Hall–Kier alpha value is -3.15. The van der Waals surface area contributed by atoms with Crippen LogP contribution < -0.4 is 5.32 Å². The molecule has 0 fully saturated rings. The zero-order chi connectivity index (χ0) is 18.7. The van der Waals surface area contributed by atoms with E-state index in [1.54, 1.807) is 6.92 Å². The van der Waals surface area contributed by atoms with Gasteiger partial charge in [-0.25, -0.2) is 4.79 Å². The molecule has 0 radical (unpaired) electrons. The van der Waals surface area contributed by atoms with Gasteiger partial charge >= 0.3 is 5.97 Å². The van der Waals surface area contributed by atoms with Crippen molar-refractivity contribution >= 4 is 28.3 Å². The molecule has 3 rings (SSSR count). The van der Waals surface area contributed by atoms with Crippen LogP contribution in [-0.2, 0) is 9.53 Å². The van der Waals surface area contributed by atoms with E-state index in [1.807, 2.05) is 56.3 Å². The minimum atomic E-state index is -0.611. The zero-order valence-corrected chi connectivity index (χ0v) is 14.9. The summed E-state index contributed by atoms with van der Waals surface area (Å²) in [5.74, 6) is -0.569. The first-order valence-corrected chi connectivity index (χ1v) is 8.38. The minimum absolute atomic E-state index is 0.0109. The number of benzene rings is 2. The first kappa shape index (κ1) is 17.7. The molecule has 6 heteroatoms. The average molecular weight is 352 g/mol. The van der Waals surface area contributed by atoms with Gasteiger partial charge in [0, 0.05) is 17.0 Å². The van der Waals surface area contributed by atoms with Crippen LogP contribution in [0.15, 0.2) is 47.0 Å². The van der Waals surface area contributed by atoms with Crippen LogP contribution in [0.25, 0.3) is 10.8 Å². The molecular formula is C20H20N2O4. The van der Waals surface area contributed by atoms with Crippen molar-refractivity contribution in [2.45, 2.75) is 26.7 Å².